The van der Waals surface area contributed by atoms with Crippen LogP contribution in [0.4, 0.5) is 5.69 Å². The van der Waals surface area contributed by atoms with Gasteiger partial charge in [-0.15, -0.1) is 0 Å². The largest absolute Gasteiger partial charge is 0.354 e. The Bertz CT molecular complexity index is 243. The highest BCUT2D eigenvalue weighted by molar-refractivity contribution is 5.45. The van der Waals surface area contributed by atoms with Gasteiger partial charge in [0.1, 0.15) is 0 Å². The molecule has 0 fully saturated rings. The molecule has 1 aromatic carbocycles. The van der Waals surface area contributed by atoms with Gasteiger partial charge in [0.25, 0.3) is 0 Å². The van der Waals surface area contributed by atoms with Crippen molar-refractivity contribution in [1.29, 1.82) is 0 Å². The molecule has 10 heavy (non-hydrogen) atoms. The number of nitrogens with zero attached hydrogens (tertiary/aromatic N) is 1. The average Bonchev–Trinajstić information content (AvgIpc) is 2.05. The molecule has 0 aliphatic heterocycles. The van der Waals surface area contributed by atoms with Gasteiger partial charge >= 0.3 is 0 Å². The first-order valence-corrected chi connectivity index (χ1v) is 3.12. The highest BCUT2D eigenvalue weighted by Crippen LogP contribution is 2.11. The van der Waals surface area contributed by atoms with E-state index in [1.54, 1.807) is 0 Å². The van der Waals surface area contributed by atoms with Gasteiger partial charge in [-0.25, -0.2) is 4.85 Å². The topological polar surface area (TPSA) is 32.0 Å². The molecule has 0 atom stereocenters. The van der Waals surface area contributed by atoms with Crippen LogP contribution in [0.25, 0.3) is 4.85 Å². The van der Waals surface area contributed by atoms with E-state index < -0.39 is 0 Å². The summed E-state index contributed by atoms with van der Waals surface area (Å²) < 4.78 is 0. The summed E-state index contributed by atoms with van der Waals surface area (Å²) in [5, 5.41) is 0. The van der Waals surface area contributed by atoms with Gasteiger partial charge in [-0.1, -0.05) is 24.3 Å². The molecule has 1 aromatic rings. The summed E-state index contributed by atoms with van der Waals surface area (Å²) in [4.78, 5) is 3.28. The van der Waals surface area contributed by atoms with E-state index in [4.69, 9.17) is 6.57 Å². The van der Waals surface area contributed by atoms with Crippen LogP contribution in [0.3, 0.4) is 0 Å². The van der Waals surface area contributed by atoms with Crippen LogP contribution in [0.5, 0.6) is 0 Å². The number of rotatable bonds is 1. The van der Waals surface area contributed by atoms with Crippen LogP contribution in [-0.4, -0.2) is 0 Å². The van der Waals surface area contributed by atoms with Gasteiger partial charge in [0.15, 0.2) is 5.69 Å². The van der Waals surface area contributed by atoms with Crippen molar-refractivity contribution in [2.75, 3.05) is 0 Å². The maximum atomic E-state index is 6.68. The fraction of sp³-hybridized carbons (Fsp3) is 0.125. The third-order valence-electron chi connectivity index (χ3n) is 1.35. The maximum Gasteiger partial charge on any atom is 0.187 e. The normalized spacial score (nSPS) is 8.80. The minimum Gasteiger partial charge on any atom is -0.354 e. The molecule has 0 amide bonds. The molecule has 0 aromatic heterocycles. The molecular formula is C8H9N2+. The minimum absolute atomic E-state index is 0.692. The van der Waals surface area contributed by atoms with Gasteiger partial charge < -0.3 is 5.73 Å². The number of hydrogen-bond acceptors (Lipinski definition) is 0. The first-order chi connectivity index (χ1) is 4.86. The third kappa shape index (κ3) is 1.34. The van der Waals surface area contributed by atoms with Gasteiger partial charge in [0, 0.05) is 5.56 Å². The Hall–Kier alpha value is -1.33. The fourth-order valence-corrected chi connectivity index (χ4v) is 0.737. The monoisotopic (exact) mass is 133 g/mol. The summed E-state index contributed by atoms with van der Waals surface area (Å²) in [5.74, 6) is 0. The highest BCUT2D eigenvalue weighted by Gasteiger charge is 1.90. The second-order valence-electron chi connectivity index (χ2n) is 2.03. The minimum atomic E-state index is 0.692. The number of hydrogen-bond donors (Lipinski definition) is 1. The van der Waals surface area contributed by atoms with E-state index in [-0.39, 0.29) is 0 Å². The summed E-state index contributed by atoms with van der Waals surface area (Å²) in [6, 6.07) is 7.49. The lowest BCUT2D eigenvalue weighted by molar-refractivity contribution is -0.386. The zero-order chi connectivity index (χ0) is 7.40. The molecule has 2 heteroatoms. The van der Waals surface area contributed by atoms with Crippen molar-refractivity contribution in [2.24, 2.45) is 0 Å². The summed E-state index contributed by atoms with van der Waals surface area (Å²) in [7, 11) is 0. The summed E-state index contributed by atoms with van der Waals surface area (Å²) >= 11 is 0. The molecule has 0 bridgehead atoms. The second kappa shape index (κ2) is 3.00. The van der Waals surface area contributed by atoms with Crippen molar-refractivity contribution in [1.82, 2.24) is 0 Å². The van der Waals surface area contributed by atoms with Crippen molar-refractivity contribution in [3.05, 3.63) is 41.2 Å². The zero-order valence-electron chi connectivity index (χ0n) is 5.67. The highest BCUT2D eigenvalue weighted by atomic mass is 14.6. The molecule has 0 radical (unpaired) electrons. The lowest BCUT2D eigenvalue weighted by atomic mass is 10.2. The summed E-state index contributed by atoms with van der Waals surface area (Å²) in [5.41, 5.74) is 5.60. The molecular weight excluding hydrogens is 124 g/mol. The van der Waals surface area contributed by atoms with E-state index >= 15 is 0 Å². The first-order valence-electron chi connectivity index (χ1n) is 3.12. The molecule has 0 spiro atoms. The summed E-state index contributed by atoms with van der Waals surface area (Å²) in [6.07, 6.45) is 0. The fourth-order valence-electron chi connectivity index (χ4n) is 0.737. The van der Waals surface area contributed by atoms with Crippen LogP contribution >= 0.6 is 0 Å². The van der Waals surface area contributed by atoms with Crippen molar-refractivity contribution < 1.29 is 5.73 Å². The van der Waals surface area contributed by atoms with Crippen LogP contribution in [0.1, 0.15) is 5.56 Å². The van der Waals surface area contributed by atoms with Gasteiger partial charge in [-0.2, -0.15) is 0 Å². The smallest absolute Gasteiger partial charge is 0.187 e. The van der Waals surface area contributed by atoms with Crippen LogP contribution in [0.15, 0.2) is 24.3 Å². The Balaban J connectivity index is 2.93. The van der Waals surface area contributed by atoms with E-state index in [2.05, 4.69) is 10.6 Å². The first kappa shape index (κ1) is 6.79. The lowest BCUT2D eigenvalue weighted by Crippen LogP contribution is -2.47. The van der Waals surface area contributed by atoms with Gasteiger partial charge in [-0.3, -0.25) is 0 Å². The van der Waals surface area contributed by atoms with Crippen LogP contribution < -0.4 is 5.73 Å². The number of quaternary nitrogens is 1. The molecule has 0 saturated carbocycles. The Labute approximate surface area is 60.1 Å². The van der Waals surface area contributed by atoms with Crippen LogP contribution in [0, 0.1) is 6.57 Å². The van der Waals surface area contributed by atoms with E-state index in [1.807, 2.05) is 24.3 Å². The molecule has 0 aliphatic carbocycles. The molecule has 50 valence electrons. The van der Waals surface area contributed by atoms with Crippen molar-refractivity contribution in [3.63, 3.8) is 0 Å². The Morgan fingerprint density at radius 1 is 1.30 bits per heavy atom. The quantitative estimate of drug-likeness (QED) is 0.554. The summed E-state index contributed by atoms with van der Waals surface area (Å²) in [6.45, 7) is 7.47. The van der Waals surface area contributed by atoms with E-state index in [1.165, 1.54) is 5.56 Å². The standard InChI is InChI=1S/C8H8N2/c1-10-8-4-2-7(6-9)3-5-8/h2-5H,6,9H2/p+1. The van der Waals surface area contributed by atoms with Gasteiger partial charge in [-0.05, 0) is 0 Å². The zero-order valence-corrected chi connectivity index (χ0v) is 5.67. The predicted octanol–water partition coefficient (Wildman–Crippen LogP) is 0.979. The second-order valence-corrected chi connectivity index (χ2v) is 2.03. The van der Waals surface area contributed by atoms with E-state index in [0.717, 1.165) is 6.54 Å². The third-order valence-corrected chi connectivity index (χ3v) is 1.35. The van der Waals surface area contributed by atoms with Crippen LogP contribution in [-0.2, 0) is 6.54 Å². The molecule has 1 rings (SSSR count). The molecule has 0 saturated heterocycles. The van der Waals surface area contributed by atoms with E-state index in [0.29, 0.717) is 5.69 Å². The number of benzene rings is 1. The van der Waals surface area contributed by atoms with Crippen molar-refractivity contribution in [3.8, 4) is 0 Å². The molecule has 3 N–H and O–H groups in total. The molecule has 0 aliphatic rings. The molecule has 0 unspecified atom stereocenters. The Morgan fingerprint density at radius 3 is 2.30 bits per heavy atom. The lowest BCUT2D eigenvalue weighted by Gasteiger charge is -1.91. The van der Waals surface area contributed by atoms with Crippen molar-refractivity contribution in [2.45, 2.75) is 6.54 Å². The van der Waals surface area contributed by atoms with Crippen molar-refractivity contribution >= 4 is 5.69 Å². The Kier molecular flexibility index (Phi) is 2.03. The Morgan fingerprint density at radius 2 is 1.90 bits per heavy atom. The SMILES string of the molecule is [C-]#[N+]c1ccc(C[NH3+])cc1. The average molecular weight is 133 g/mol. The van der Waals surface area contributed by atoms with Crippen LogP contribution in [0.2, 0.25) is 0 Å². The maximum absolute atomic E-state index is 6.68. The molecule has 0 heterocycles. The predicted molar refractivity (Wildman–Crippen MR) is 39.3 cm³/mol. The molecule has 2 nitrogen and oxygen atoms in total. The van der Waals surface area contributed by atoms with Gasteiger partial charge in [0.05, 0.1) is 13.1 Å². The van der Waals surface area contributed by atoms with E-state index in [9.17, 15) is 0 Å². The van der Waals surface area contributed by atoms with Gasteiger partial charge in [0.2, 0.25) is 0 Å².